The van der Waals surface area contributed by atoms with Crippen LogP contribution in [0.5, 0.6) is 0 Å². The van der Waals surface area contributed by atoms with Crippen molar-refractivity contribution in [3.8, 4) is 0 Å². The Labute approximate surface area is 133 Å². The molecule has 0 aliphatic carbocycles. The molecule has 2 aliphatic heterocycles. The fourth-order valence-electron chi connectivity index (χ4n) is 4.10. The first kappa shape index (κ1) is 13.9. The summed E-state index contributed by atoms with van der Waals surface area (Å²) in [6.45, 7) is 4.86. The third-order valence-corrected chi connectivity index (χ3v) is 5.25. The van der Waals surface area contributed by atoms with Crippen LogP contribution < -0.4 is 9.80 Å². The molecular weight excluding hydrogens is 268 g/mol. The van der Waals surface area contributed by atoms with Crippen molar-refractivity contribution in [1.82, 2.24) is 0 Å². The number of benzene rings is 2. The summed E-state index contributed by atoms with van der Waals surface area (Å²) >= 11 is 0. The third kappa shape index (κ3) is 2.55. The lowest BCUT2D eigenvalue weighted by atomic mass is 10.0. The zero-order chi connectivity index (χ0) is 14.8. The minimum Gasteiger partial charge on any atom is -0.371 e. The molecule has 2 fully saturated rings. The second-order valence-corrected chi connectivity index (χ2v) is 6.75. The van der Waals surface area contributed by atoms with Crippen LogP contribution in [0.15, 0.2) is 36.4 Å². The normalized spacial score (nSPS) is 19.6. The van der Waals surface area contributed by atoms with Gasteiger partial charge in [0.2, 0.25) is 0 Å². The number of hydrogen-bond donors (Lipinski definition) is 0. The second kappa shape index (κ2) is 6.20. The summed E-state index contributed by atoms with van der Waals surface area (Å²) in [5, 5.41) is 2.87. The lowest BCUT2D eigenvalue weighted by Crippen LogP contribution is -2.31. The van der Waals surface area contributed by atoms with E-state index in [1.54, 1.807) is 0 Å². The number of rotatable bonds is 2. The summed E-state index contributed by atoms with van der Waals surface area (Å²) in [6, 6.07) is 13.7. The summed E-state index contributed by atoms with van der Waals surface area (Å²) in [5.41, 5.74) is 2.91. The average molecular weight is 294 g/mol. The van der Waals surface area contributed by atoms with Gasteiger partial charge in [0.25, 0.3) is 0 Å². The van der Waals surface area contributed by atoms with E-state index in [1.807, 2.05) is 0 Å². The molecule has 0 bridgehead atoms. The standard InChI is InChI=1S/C20H26N2/c1-3-13-21(14-4-1)18-11-7-9-17-10-8-12-19(20(17)18)22-15-5-2-6-16-22/h7-12H,1-6,13-16H2. The minimum atomic E-state index is 1.22. The first-order valence-electron chi connectivity index (χ1n) is 8.95. The van der Waals surface area contributed by atoms with Crippen molar-refractivity contribution in [3.63, 3.8) is 0 Å². The number of anilines is 2. The van der Waals surface area contributed by atoms with Gasteiger partial charge in [-0.2, -0.15) is 0 Å². The van der Waals surface area contributed by atoms with Crippen LogP contribution in [0.25, 0.3) is 10.8 Å². The van der Waals surface area contributed by atoms with E-state index >= 15 is 0 Å². The Bertz CT molecular complexity index is 584. The Morgan fingerprint density at radius 2 is 1.00 bits per heavy atom. The highest BCUT2D eigenvalue weighted by Crippen LogP contribution is 2.37. The van der Waals surface area contributed by atoms with Crippen molar-refractivity contribution in [2.75, 3.05) is 36.0 Å². The van der Waals surface area contributed by atoms with E-state index in [1.165, 1.54) is 86.9 Å². The highest BCUT2D eigenvalue weighted by molar-refractivity contribution is 6.03. The number of fused-ring (bicyclic) bond motifs is 1. The van der Waals surface area contributed by atoms with E-state index < -0.39 is 0 Å². The van der Waals surface area contributed by atoms with Gasteiger partial charge in [-0.25, -0.2) is 0 Å². The molecule has 2 heterocycles. The van der Waals surface area contributed by atoms with Gasteiger partial charge in [0.1, 0.15) is 0 Å². The van der Waals surface area contributed by atoms with Crippen molar-refractivity contribution in [1.29, 1.82) is 0 Å². The van der Waals surface area contributed by atoms with Crippen molar-refractivity contribution in [2.45, 2.75) is 38.5 Å². The van der Waals surface area contributed by atoms with Crippen LogP contribution in [0.4, 0.5) is 11.4 Å². The van der Waals surface area contributed by atoms with Gasteiger partial charge in [-0.05, 0) is 56.0 Å². The maximum atomic E-state index is 2.61. The van der Waals surface area contributed by atoms with Gasteiger partial charge in [-0.3, -0.25) is 0 Å². The summed E-state index contributed by atoms with van der Waals surface area (Å²) < 4.78 is 0. The molecule has 2 aliphatic rings. The van der Waals surface area contributed by atoms with Crippen LogP contribution in [0.1, 0.15) is 38.5 Å². The zero-order valence-corrected chi connectivity index (χ0v) is 13.4. The van der Waals surface area contributed by atoms with Crippen LogP contribution in [-0.4, -0.2) is 26.2 Å². The maximum absolute atomic E-state index is 2.61. The molecule has 2 heteroatoms. The summed E-state index contributed by atoms with van der Waals surface area (Å²) in [6.07, 6.45) is 8.12. The molecule has 0 radical (unpaired) electrons. The van der Waals surface area contributed by atoms with E-state index in [0.717, 1.165) is 0 Å². The monoisotopic (exact) mass is 294 g/mol. The summed E-state index contributed by atoms with van der Waals surface area (Å²) in [5.74, 6) is 0. The Morgan fingerprint density at radius 1 is 0.545 bits per heavy atom. The highest BCUT2D eigenvalue weighted by Gasteiger charge is 2.19. The molecule has 0 spiro atoms. The van der Waals surface area contributed by atoms with Crippen LogP contribution >= 0.6 is 0 Å². The van der Waals surface area contributed by atoms with Gasteiger partial charge >= 0.3 is 0 Å². The Balaban J connectivity index is 1.82. The highest BCUT2D eigenvalue weighted by atomic mass is 15.2. The SMILES string of the molecule is c1cc(N2CCCCC2)c2c(N3CCCCC3)cccc2c1. The van der Waals surface area contributed by atoms with E-state index in [0.29, 0.717) is 0 Å². The average Bonchev–Trinajstić information content (AvgIpc) is 2.62. The summed E-state index contributed by atoms with van der Waals surface area (Å²) in [4.78, 5) is 5.22. The number of piperidine rings is 2. The van der Waals surface area contributed by atoms with Crippen molar-refractivity contribution >= 4 is 22.1 Å². The number of hydrogen-bond acceptors (Lipinski definition) is 2. The third-order valence-electron chi connectivity index (χ3n) is 5.25. The minimum absolute atomic E-state index is 1.22. The Hall–Kier alpha value is -1.70. The van der Waals surface area contributed by atoms with E-state index in [4.69, 9.17) is 0 Å². The molecule has 0 atom stereocenters. The molecule has 0 saturated carbocycles. The van der Waals surface area contributed by atoms with Crippen molar-refractivity contribution < 1.29 is 0 Å². The second-order valence-electron chi connectivity index (χ2n) is 6.75. The lowest BCUT2D eigenvalue weighted by molar-refractivity contribution is 0.576. The molecule has 0 unspecified atom stereocenters. The van der Waals surface area contributed by atoms with Crippen molar-refractivity contribution in [2.24, 2.45) is 0 Å². The zero-order valence-electron chi connectivity index (χ0n) is 13.4. The van der Waals surface area contributed by atoms with Crippen LogP contribution in [0.2, 0.25) is 0 Å². The molecule has 2 aromatic rings. The Kier molecular flexibility index (Phi) is 3.92. The lowest BCUT2D eigenvalue weighted by Gasteiger charge is -2.34. The fourth-order valence-corrected chi connectivity index (χ4v) is 4.10. The maximum Gasteiger partial charge on any atom is 0.0466 e. The molecule has 0 aromatic heterocycles. The summed E-state index contributed by atoms with van der Waals surface area (Å²) in [7, 11) is 0. The molecule has 0 N–H and O–H groups in total. The van der Waals surface area contributed by atoms with Crippen LogP contribution in [0.3, 0.4) is 0 Å². The predicted octanol–water partition coefficient (Wildman–Crippen LogP) is 4.82. The molecule has 22 heavy (non-hydrogen) atoms. The fraction of sp³-hybridized carbons (Fsp3) is 0.500. The van der Waals surface area contributed by atoms with Crippen LogP contribution in [-0.2, 0) is 0 Å². The molecular formula is C20H26N2. The smallest absolute Gasteiger partial charge is 0.0466 e. The van der Waals surface area contributed by atoms with Gasteiger partial charge in [0.15, 0.2) is 0 Å². The van der Waals surface area contributed by atoms with Gasteiger partial charge in [0, 0.05) is 42.9 Å². The van der Waals surface area contributed by atoms with Gasteiger partial charge in [-0.15, -0.1) is 0 Å². The predicted molar refractivity (Wildman–Crippen MR) is 96.1 cm³/mol. The van der Waals surface area contributed by atoms with E-state index in [-0.39, 0.29) is 0 Å². The first-order chi connectivity index (χ1) is 10.9. The first-order valence-corrected chi connectivity index (χ1v) is 8.95. The molecule has 2 saturated heterocycles. The molecule has 0 amide bonds. The van der Waals surface area contributed by atoms with Crippen molar-refractivity contribution in [3.05, 3.63) is 36.4 Å². The topological polar surface area (TPSA) is 6.48 Å². The van der Waals surface area contributed by atoms with Gasteiger partial charge in [0.05, 0.1) is 0 Å². The quantitative estimate of drug-likeness (QED) is 0.783. The van der Waals surface area contributed by atoms with E-state index in [9.17, 15) is 0 Å². The molecule has 2 nitrogen and oxygen atoms in total. The number of nitrogens with zero attached hydrogens (tertiary/aromatic N) is 2. The molecule has 2 aromatic carbocycles. The Morgan fingerprint density at radius 3 is 1.45 bits per heavy atom. The molecule has 4 rings (SSSR count). The molecule has 116 valence electrons. The largest absolute Gasteiger partial charge is 0.371 e. The van der Waals surface area contributed by atoms with Crippen LogP contribution in [0, 0.1) is 0 Å². The van der Waals surface area contributed by atoms with Gasteiger partial charge in [-0.1, -0.05) is 24.3 Å². The van der Waals surface area contributed by atoms with E-state index in [2.05, 4.69) is 46.2 Å². The van der Waals surface area contributed by atoms with Gasteiger partial charge < -0.3 is 9.80 Å².